The summed E-state index contributed by atoms with van der Waals surface area (Å²) in [5.41, 5.74) is 0.302. The molecule has 0 saturated carbocycles. The van der Waals surface area contributed by atoms with Crippen LogP contribution in [0.15, 0.2) is 16.6 Å². The van der Waals surface area contributed by atoms with Crippen LogP contribution in [0.1, 0.15) is 21.0 Å². The number of hydrogen-bond acceptors (Lipinski definition) is 4. The van der Waals surface area contributed by atoms with E-state index < -0.39 is 5.97 Å². The molecule has 0 fully saturated rings. The Morgan fingerprint density at radius 3 is 2.85 bits per heavy atom. The molecule has 13 heavy (non-hydrogen) atoms. The summed E-state index contributed by atoms with van der Waals surface area (Å²) < 4.78 is 4.99. The fourth-order valence-electron chi connectivity index (χ4n) is 0.759. The Morgan fingerprint density at radius 2 is 2.31 bits per heavy atom. The highest BCUT2D eigenvalue weighted by Gasteiger charge is 2.09. The maximum absolute atomic E-state index is 11.0. The lowest BCUT2D eigenvalue weighted by Gasteiger charge is -1.99. The standard InChI is InChI=1S/C8H6BrNO3/c1-13-8(12)6-3-2-5(9)7(4-11)10-6/h2-4H,1H3. The van der Waals surface area contributed by atoms with E-state index >= 15 is 0 Å². The molecule has 0 aliphatic heterocycles. The highest BCUT2D eigenvalue weighted by molar-refractivity contribution is 9.10. The van der Waals surface area contributed by atoms with Crippen molar-refractivity contribution >= 4 is 28.2 Å². The van der Waals surface area contributed by atoms with Gasteiger partial charge in [-0.05, 0) is 28.1 Å². The van der Waals surface area contributed by atoms with E-state index in [2.05, 4.69) is 25.7 Å². The van der Waals surface area contributed by atoms with Gasteiger partial charge in [0.05, 0.1) is 7.11 Å². The molecule has 0 aliphatic carbocycles. The van der Waals surface area contributed by atoms with Crippen LogP contribution < -0.4 is 0 Å². The smallest absolute Gasteiger partial charge is 0.356 e. The van der Waals surface area contributed by atoms with Crippen LogP contribution in [0.2, 0.25) is 0 Å². The van der Waals surface area contributed by atoms with Crippen LogP contribution >= 0.6 is 15.9 Å². The summed E-state index contributed by atoms with van der Waals surface area (Å²) in [5, 5.41) is 0. The molecule has 0 aliphatic rings. The second-order valence-electron chi connectivity index (χ2n) is 2.17. The topological polar surface area (TPSA) is 56.3 Å². The third-order valence-corrected chi connectivity index (χ3v) is 2.05. The van der Waals surface area contributed by atoms with Gasteiger partial charge in [-0.25, -0.2) is 9.78 Å². The van der Waals surface area contributed by atoms with Crippen molar-refractivity contribution in [2.75, 3.05) is 7.11 Å². The molecule has 0 aromatic carbocycles. The van der Waals surface area contributed by atoms with Gasteiger partial charge in [-0.3, -0.25) is 4.79 Å². The van der Waals surface area contributed by atoms with Crippen LogP contribution in [0, 0.1) is 0 Å². The zero-order chi connectivity index (χ0) is 9.84. The van der Waals surface area contributed by atoms with Crippen molar-refractivity contribution in [2.24, 2.45) is 0 Å². The molecule has 0 saturated heterocycles. The molecule has 1 aromatic rings. The Balaban J connectivity index is 3.13. The van der Waals surface area contributed by atoms with Gasteiger partial charge in [0.15, 0.2) is 6.29 Å². The average molecular weight is 244 g/mol. The minimum Gasteiger partial charge on any atom is -0.464 e. The SMILES string of the molecule is COC(=O)c1ccc(Br)c(C=O)n1. The lowest BCUT2D eigenvalue weighted by molar-refractivity contribution is 0.0594. The lowest BCUT2D eigenvalue weighted by atomic mass is 10.3. The van der Waals surface area contributed by atoms with Gasteiger partial charge in [0.2, 0.25) is 0 Å². The number of methoxy groups -OCH3 is 1. The second kappa shape index (κ2) is 4.13. The van der Waals surface area contributed by atoms with Crippen molar-refractivity contribution in [3.05, 3.63) is 28.0 Å². The molecule has 1 heterocycles. The molecule has 0 N–H and O–H groups in total. The van der Waals surface area contributed by atoms with Crippen molar-refractivity contribution in [3.8, 4) is 0 Å². The molecule has 68 valence electrons. The predicted molar refractivity (Wildman–Crippen MR) is 48.7 cm³/mol. The number of rotatable bonds is 2. The lowest BCUT2D eigenvalue weighted by Crippen LogP contribution is -2.05. The van der Waals surface area contributed by atoms with E-state index in [1.165, 1.54) is 13.2 Å². The number of esters is 1. The predicted octanol–water partition coefficient (Wildman–Crippen LogP) is 1.44. The van der Waals surface area contributed by atoms with E-state index in [0.717, 1.165) is 0 Å². The zero-order valence-corrected chi connectivity index (χ0v) is 8.37. The maximum atomic E-state index is 11.0. The van der Waals surface area contributed by atoms with E-state index in [9.17, 15) is 9.59 Å². The first-order valence-electron chi connectivity index (χ1n) is 3.39. The normalized spacial score (nSPS) is 9.38. The molecule has 1 aromatic heterocycles. The Hall–Kier alpha value is -1.23. The van der Waals surface area contributed by atoms with Gasteiger partial charge >= 0.3 is 5.97 Å². The summed E-state index contributed by atoms with van der Waals surface area (Å²) in [6.07, 6.45) is 0.566. The molecule has 0 bridgehead atoms. The van der Waals surface area contributed by atoms with Crippen LogP contribution in [-0.2, 0) is 4.74 Å². The molecule has 5 heteroatoms. The molecular formula is C8H6BrNO3. The van der Waals surface area contributed by atoms with Crippen LogP contribution in [0.4, 0.5) is 0 Å². The fourth-order valence-corrected chi connectivity index (χ4v) is 1.07. The van der Waals surface area contributed by atoms with Crippen molar-refractivity contribution in [2.45, 2.75) is 0 Å². The molecule has 0 unspecified atom stereocenters. The van der Waals surface area contributed by atoms with Gasteiger partial charge in [-0.1, -0.05) is 0 Å². The third kappa shape index (κ3) is 2.12. The van der Waals surface area contributed by atoms with Crippen LogP contribution in [-0.4, -0.2) is 24.3 Å². The molecule has 0 spiro atoms. The van der Waals surface area contributed by atoms with Crippen molar-refractivity contribution in [1.29, 1.82) is 0 Å². The van der Waals surface area contributed by atoms with Gasteiger partial charge in [0.1, 0.15) is 11.4 Å². The van der Waals surface area contributed by atoms with E-state index in [1.807, 2.05) is 0 Å². The summed E-state index contributed by atoms with van der Waals surface area (Å²) >= 11 is 3.12. The molecule has 0 radical (unpaired) electrons. The highest BCUT2D eigenvalue weighted by Crippen LogP contribution is 2.13. The van der Waals surface area contributed by atoms with Crippen LogP contribution in [0.5, 0.6) is 0 Å². The fraction of sp³-hybridized carbons (Fsp3) is 0.125. The highest BCUT2D eigenvalue weighted by atomic mass is 79.9. The number of hydrogen-bond donors (Lipinski definition) is 0. The van der Waals surface area contributed by atoms with Gasteiger partial charge in [-0.15, -0.1) is 0 Å². The molecule has 1 rings (SSSR count). The Kier molecular flexibility index (Phi) is 3.13. The number of aldehydes is 1. The summed E-state index contributed by atoms with van der Waals surface area (Å²) in [4.78, 5) is 25.2. The molecule has 0 amide bonds. The molecule has 4 nitrogen and oxygen atoms in total. The number of carbonyl (C=O) groups excluding carboxylic acids is 2. The maximum Gasteiger partial charge on any atom is 0.356 e. The Morgan fingerprint density at radius 1 is 1.62 bits per heavy atom. The molecular weight excluding hydrogens is 238 g/mol. The zero-order valence-electron chi connectivity index (χ0n) is 6.78. The van der Waals surface area contributed by atoms with Crippen LogP contribution in [0.3, 0.4) is 0 Å². The first-order valence-corrected chi connectivity index (χ1v) is 4.18. The summed E-state index contributed by atoms with van der Waals surface area (Å²) in [6.45, 7) is 0. The largest absolute Gasteiger partial charge is 0.464 e. The number of halogens is 1. The minimum atomic E-state index is -0.560. The quantitative estimate of drug-likeness (QED) is 0.583. The number of nitrogens with zero attached hydrogens (tertiary/aromatic N) is 1. The van der Waals surface area contributed by atoms with Crippen molar-refractivity contribution in [1.82, 2.24) is 4.98 Å². The number of aromatic nitrogens is 1. The monoisotopic (exact) mass is 243 g/mol. The Labute approximate surface area is 83.1 Å². The number of carbonyl (C=O) groups is 2. The first kappa shape index (κ1) is 9.85. The molecule has 0 atom stereocenters. The van der Waals surface area contributed by atoms with Crippen molar-refractivity contribution < 1.29 is 14.3 Å². The van der Waals surface area contributed by atoms with E-state index in [1.54, 1.807) is 6.07 Å². The van der Waals surface area contributed by atoms with Crippen LogP contribution in [0.25, 0.3) is 0 Å². The van der Waals surface area contributed by atoms with Gasteiger partial charge in [0, 0.05) is 4.47 Å². The summed E-state index contributed by atoms with van der Waals surface area (Å²) in [5.74, 6) is -0.560. The van der Waals surface area contributed by atoms with E-state index in [-0.39, 0.29) is 11.4 Å². The summed E-state index contributed by atoms with van der Waals surface area (Å²) in [7, 11) is 1.26. The first-order chi connectivity index (χ1) is 6.19. The number of ether oxygens (including phenoxy) is 1. The number of pyridine rings is 1. The Bertz CT molecular complexity index is 351. The third-order valence-electron chi connectivity index (χ3n) is 1.38. The van der Waals surface area contributed by atoms with E-state index in [0.29, 0.717) is 10.8 Å². The van der Waals surface area contributed by atoms with Gasteiger partial charge in [0.25, 0.3) is 0 Å². The van der Waals surface area contributed by atoms with Crippen molar-refractivity contribution in [3.63, 3.8) is 0 Å². The van der Waals surface area contributed by atoms with Gasteiger partial charge in [-0.2, -0.15) is 0 Å². The minimum absolute atomic E-state index is 0.118. The summed E-state index contributed by atoms with van der Waals surface area (Å²) in [6, 6.07) is 3.05. The second-order valence-corrected chi connectivity index (χ2v) is 3.03. The van der Waals surface area contributed by atoms with Gasteiger partial charge < -0.3 is 4.74 Å². The van der Waals surface area contributed by atoms with E-state index in [4.69, 9.17) is 0 Å². The average Bonchev–Trinajstić information content (AvgIpc) is 2.17.